The molecule has 0 aliphatic heterocycles. The molecule has 1 rings (SSSR count). The van der Waals surface area contributed by atoms with Gasteiger partial charge in [-0.2, -0.15) is 4.99 Å². The molecule has 0 saturated heterocycles. The normalized spacial score (nSPS) is 8.91. The first-order chi connectivity index (χ1) is 5.24. The fourth-order valence-corrected chi connectivity index (χ4v) is 1.40. The average molecular weight is 293 g/mol. The zero-order valence-electron chi connectivity index (χ0n) is 5.34. The fraction of sp³-hybridized carbons (Fsp3) is 0. The van der Waals surface area contributed by atoms with E-state index in [1.54, 1.807) is 0 Å². The Kier molecular flexibility index (Phi) is 3.40. The maximum Gasteiger partial charge on any atom is 0.0892 e. The summed E-state index contributed by atoms with van der Waals surface area (Å²) in [4.78, 5) is 3.85. The Morgan fingerprint density at radius 2 is 2.09 bits per heavy atom. The highest BCUT2D eigenvalue weighted by atomic mass is 79.9. The van der Waals surface area contributed by atoms with Crippen LogP contribution in [-0.4, -0.2) is 5.16 Å². The number of rotatable bonds is 1. The second kappa shape index (κ2) is 4.12. The number of thiocarbonyl (C=S) groups is 1. The molecular weight excluding hydrogens is 290 g/mol. The van der Waals surface area contributed by atoms with Gasteiger partial charge in [0.1, 0.15) is 0 Å². The highest BCUT2D eigenvalue weighted by Gasteiger charge is 1.96. The SMILES string of the molecule is S=C=Nc1cc(Br)ccc1Br. The van der Waals surface area contributed by atoms with Crippen molar-refractivity contribution in [1.82, 2.24) is 0 Å². The van der Waals surface area contributed by atoms with Crippen molar-refractivity contribution >= 4 is 54.9 Å². The molecule has 0 radical (unpaired) electrons. The van der Waals surface area contributed by atoms with Crippen molar-refractivity contribution in [2.45, 2.75) is 0 Å². The van der Waals surface area contributed by atoms with Crippen molar-refractivity contribution in [3.63, 3.8) is 0 Å². The van der Waals surface area contributed by atoms with Crippen LogP contribution in [0.15, 0.2) is 32.1 Å². The lowest BCUT2D eigenvalue weighted by molar-refractivity contribution is 1.49. The van der Waals surface area contributed by atoms with E-state index >= 15 is 0 Å². The summed E-state index contributed by atoms with van der Waals surface area (Å²) in [5.41, 5.74) is 0.786. The molecule has 0 atom stereocenters. The van der Waals surface area contributed by atoms with Crippen molar-refractivity contribution in [3.05, 3.63) is 27.1 Å². The molecule has 0 aromatic heterocycles. The predicted molar refractivity (Wildman–Crippen MR) is 56.5 cm³/mol. The second-order valence-corrected chi connectivity index (χ2v) is 3.75. The van der Waals surface area contributed by atoms with Gasteiger partial charge in [-0.3, -0.25) is 0 Å². The molecule has 1 nitrogen and oxygen atoms in total. The number of hydrogen-bond acceptors (Lipinski definition) is 2. The van der Waals surface area contributed by atoms with E-state index in [4.69, 9.17) is 0 Å². The highest BCUT2D eigenvalue weighted by molar-refractivity contribution is 9.11. The maximum atomic E-state index is 4.48. The van der Waals surface area contributed by atoms with Crippen molar-refractivity contribution in [2.24, 2.45) is 4.99 Å². The van der Waals surface area contributed by atoms with Gasteiger partial charge in [-0.15, -0.1) is 0 Å². The average Bonchev–Trinajstić information content (AvgIpc) is 1.98. The minimum absolute atomic E-state index is 0.786. The Bertz CT molecular complexity index is 318. The molecule has 0 aliphatic rings. The van der Waals surface area contributed by atoms with E-state index in [0.717, 1.165) is 14.6 Å². The van der Waals surface area contributed by atoms with Crippen LogP contribution in [0, 0.1) is 0 Å². The van der Waals surface area contributed by atoms with E-state index in [9.17, 15) is 0 Å². The molecule has 0 N–H and O–H groups in total. The summed E-state index contributed by atoms with van der Waals surface area (Å²) in [6.45, 7) is 0. The van der Waals surface area contributed by atoms with E-state index in [0.29, 0.717) is 0 Å². The lowest BCUT2D eigenvalue weighted by Gasteiger charge is -1.95. The van der Waals surface area contributed by atoms with Crippen molar-refractivity contribution in [2.75, 3.05) is 0 Å². The molecule has 56 valence electrons. The summed E-state index contributed by atoms with van der Waals surface area (Å²) in [7, 11) is 0. The van der Waals surface area contributed by atoms with Crippen LogP contribution in [-0.2, 0) is 0 Å². The standard InChI is InChI=1S/C7H3Br2NS/c8-5-1-2-6(9)7(3-5)10-4-11/h1-3H. The van der Waals surface area contributed by atoms with Crippen LogP contribution >= 0.6 is 44.1 Å². The summed E-state index contributed by atoms with van der Waals surface area (Å²) in [6, 6.07) is 5.69. The fourth-order valence-electron chi connectivity index (χ4n) is 0.621. The number of hydrogen-bond donors (Lipinski definition) is 0. The third kappa shape index (κ3) is 2.49. The monoisotopic (exact) mass is 291 g/mol. The van der Waals surface area contributed by atoms with Crippen LogP contribution in [0.25, 0.3) is 0 Å². The van der Waals surface area contributed by atoms with Gasteiger partial charge in [-0.05, 0) is 46.3 Å². The highest BCUT2D eigenvalue weighted by Crippen LogP contribution is 2.27. The van der Waals surface area contributed by atoms with Crippen molar-refractivity contribution in [3.8, 4) is 0 Å². The van der Waals surface area contributed by atoms with Gasteiger partial charge in [0.05, 0.1) is 10.8 Å². The number of nitrogens with zero attached hydrogens (tertiary/aromatic N) is 1. The van der Waals surface area contributed by atoms with Crippen molar-refractivity contribution in [1.29, 1.82) is 0 Å². The number of halogens is 2. The van der Waals surface area contributed by atoms with Crippen LogP contribution in [0.4, 0.5) is 5.69 Å². The van der Waals surface area contributed by atoms with Gasteiger partial charge >= 0.3 is 0 Å². The molecule has 4 heteroatoms. The largest absolute Gasteiger partial charge is 0.193 e. The van der Waals surface area contributed by atoms with Crippen molar-refractivity contribution < 1.29 is 0 Å². The first-order valence-electron chi connectivity index (χ1n) is 2.77. The molecule has 0 aliphatic carbocycles. The maximum absolute atomic E-state index is 4.48. The topological polar surface area (TPSA) is 12.4 Å². The van der Waals surface area contributed by atoms with E-state index in [1.807, 2.05) is 18.2 Å². The van der Waals surface area contributed by atoms with Gasteiger partial charge in [0.15, 0.2) is 0 Å². The summed E-state index contributed by atoms with van der Waals surface area (Å²) >= 11 is 11.1. The molecule has 0 fully saturated rings. The van der Waals surface area contributed by atoms with Crippen LogP contribution in [0.3, 0.4) is 0 Å². The van der Waals surface area contributed by atoms with Gasteiger partial charge in [-0.1, -0.05) is 15.9 Å². The summed E-state index contributed by atoms with van der Waals surface area (Å²) in [5, 5.41) is 2.31. The molecule has 0 saturated carbocycles. The quantitative estimate of drug-likeness (QED) is 0.564. The molecule has 1 aromatic rings. The zero-order valence-corrected chi connectivity index (χ0v) is 9.33. The predicted octanol–water partition coefficient (Wildman–Crippen LogP) is 3.95. The van der Waals surface area contributed by atoms with Crippen LogP contribution in [0.2, 0.25) is 0 Å². The lowest BCUT2D eigenvalue weighted by Crippen LogP contribution is -1.68. The van der Waals surface area contributed by atoms with E-state index in [-0.39, 0.29) is 0 Å². The van der Waals surface area contributed by atoms with Gasteiger partial charge in [0, 0.05) is 8.95 Å². The van der Waals surface area contributed by atoms with E-state index in [1.165, 1.54) is 0 Å². The van der Waals surface area contributed by atoms with Crippen LogP contribution in [0.1, 0.15) is 0 Å². The summed E-state index contributed by atoms with van der Waals surface area (Å²) < 4.78 is 1.89. The summed E-state index contributed by atoms with van der Waals surface area (Å²) in [6.07, 6.45) is 0. The van der Waals surface area contributed by atoms with Gasteiger partial charge < -0.3 is 0 Å². The Balaban J connectivity index is 3.22. The Morgan fingerprint density at radius 3 is 2.73 bits per heavy atom. The summed E-state index contributed by atoms with van der Waals surface area (Å²) in [5.74, 6) is 0. The van der Waals surface area contributed by atoms with Crippen LogP contribution in [0.5, 0.6) is 0 Å². The molecule has 0 amide bonds. The zero-order chi connectivity index (χ0) is 8.27. The molecule has 1 aromatic carbocycles. The number of aliphatic imine (C=N–C) groups is 1. The Labute approximate surface area is 86.8 Å². The molecule has 0 spiro atoms. The smallest absolute Gasteiger partial charge is 0.0892 e. The van der Waals surface area contributed by atoms with Gasteiger partial charge in [-0.25, -0.2) is 0 Å². The molecule has 0 heterocycles. The third-order valence-electron chi connectivity index (χ3n) is 1.07. The minimum atomic E-state index is 0.786. The third-order valence-corrected chi connectivity index (χ3v) is 2.33. The molecular formula is C7H3Br2NS. The first-order valence-corrected chi connectivity index (χ1v) is 4.76. The Morgan fingerprint density at radius 1 is 1.36 bits per heavy atom. The minimum Gasteiger partial charge on any atom is -0.193 e. The van der Waals surface area contributed by atoms with Gasteiger partial charge in [0.25, 0.3) is 0 Å². The Hall–Kier alpha value is -0.0200. The second-order valence-electron chi connectivity index (χ2n) is 1.80. The molecule has 0 bridgehead atoms. The van der Waals surface area contributed by atoms with Gasteiger partial charge in [0.2, 0.25) is 0 Å². The molecule has 0 unspecified atom stereocenters. The number of isothiocyanates is 1. The van der Waals surface area contributed by atoms with E-state index < -0.39 is 0 Å². The van der Waals surface area contributed by atoms with E-state index in [2.05, 4.69) is 54.2 Å². The number of benzene rings is 1. The lowest BCUT2D eigenvalue weighted by atomic mass is 10.3. The van der Waals surface area contributed by atoms with Crippen LogP contribution < -0.4 is 0 Å². The molecule has 11 heavy (non-hydrogen) atoms. The first kappa shape index (κ1) is 9.07.